The summed E-state index contributed by atoms with van der Waals surface area (Å²) in [5.41, 5.74) is 0. The van der Waals surface area contributed by atoms with Crippen molar-refractivity contribution >= 4 is 11.8 Å². The summed E-state index contributed by atoms with van der Waals surface area (Å²) in [5.74, 6) is 1.32. The van der Waals surface area contributed by atoms with Crippen molar-refractivity contribution in [3.8, 4) is 0 Å². The topological polar surface area (TPSA) is 12.0 Å². The number of hydrogen-bond donors (Lipinski definition) is 1. The van der Waals surface area contributed by atoms with E-state index in [9.17, 15) is 0 Å². The highest BCUT2D eigenvalue weighted by Crippen LogP contribution is 2.43. The third-order valence-corrected chi connectivity index (χ3v) is 4.28. The van der Waals surface area contributed by atoms with Gasteiger partial charge in [0.15, 0.2) is 0 Å². The van der Waals surface area contributed by atoms with Crippen LogP contribution in [0.2, 0.25) is 0 Å². The third-order valence-electron chi connectivity index (χ3n) is 2.53. The smallest absolute Gasteiger partial charge is 0.0648 e. The van der Waals surface area contributed by atoms with Gasteiger partial charge in [-0.15, -0.1) is 11.8 Å². The van der Waals surface area contributed by atoms with Crippen LogP contribution in [0, 0.1) is 0 Å². The van der Waals surface area contributed by atoms with E-state index in [1.54, 1.807) is 0 Å². The van der Waals surface area contributed by atoms with E-state index in [1.807, 2.05) is 0 Å². The van der Waals surface area contributed by atoms with Crippen molar-refractivity contribution in [2.75, 3.05) is 5.75 Å². The summed E-state index contributed by atoms with van der Waals surface area (Å²) in [5, 5.41) is 3.69. The quantitative estimate of drug-likeness (QED) is 0.577. The Morgan fingerprint density at radius 3 is 2.60 bits per heavy atom. The standard InChI is InChI=1S/C8H15NS/c1-7-6-10-8(9-7)4-2-3-5-8/h7,9H,2-6H2,1H3/t7-/m1/s1. The molecular weight excluding hydrogens is 142 g/mol. The fourth-order valence-electron chi connectivity index (χ4n) is 2.05. The number of nitrogens with one attached hydrogen (secondary N) is 1. The molecule has 0 amide bonds. The average Bonchev–Trinajstić information content (AvgIpc) is 2.46. The zero-order valence-electron chi connectivity index (χ0n) is 6.52. The molecule has 1 aliphatic heterocycles. The van der Waals surface area contributed by atoms with Gasteiger partial charge < -0.3 is 0 Å². The van der Waals surface area contributed by atoms with E-state index in [1.165, 1.54) is 31.4 Å². The largest absolute Gasteiger partial charge is 0.299 e. The van der Waals surface area contributed by atoms with Crippen molar-refractivity contribution in [3.63, 3.8) is 0 Å². The van der Waals surface area contributed by atoms with Crippen molar-refractivity contribution in [2.45, 2.75) is 43.5 Å². The molecule has 1 nitrogen and oxygen atoms in total. The van der Waals surface area contributed by atoms with Crippen molar-refractivity contribution in [1.29, 1.82) is 0 Å². The number of rotatable bonds is 0. The molecule has 58 valence electrons. The van der Waals surface area contributed by atoms with Crippen LogP contribution >= 0.6 is 11.8 Å². The third kappa shape index (κ3) is 1.08. The highest BCUT2D eigenvalue weighted by atomic mass is 32.2. The lowest BCUT2D eigenvalue weighted by Crippen LogP contribution is -2.37. The molecule has 0 unspecified atom stereocenters. The van der Waals surface area contributed by atoms with Gasteiger partial charge in [0.1, 0.15) is 0 Å². The molecule has 0 aromatic rings. The van der Waals surface area contributed by atoms with E-state index >= 15 is 0 Å². The van der Waals surface area contributed by atoms with E-state index in [2.05, 4.69) is 24.0 Å². The van der Waals surface area contributed by atoms with Gasteiger partial charge in [0.05, 0.1) is 4.87 Å². The zero-order chi connectivity index (χ0) is 7.03. The lowest BCUT2D eigenvalue weighted by atomic mass is 10.2. The van der Waals surface area contributed by atoms with Crippen LogP contribution in [0.4, 0.5) is 0 Å². The lowest BCUT2D eigenvalue weighted by Gasteiger charge is -2.22. The highest BCUT2D eigenvalue weighted by molar-refractivity contribution is 8.00. The maximum atomic E-state index is 3.69. The molecule has 2 aliphatic rings. The molecule has 1 atom stereocenters. The minimum absolute atomic E-state index is 0.527. The Morgan fingerprint density at radius 2 is 2.10 bits per heavy atom. The minimum Gasteiger partial charge on any atom is -0.299 e. The predicted molar refractivity (Wildman–Crippen MR) is 46.3 cm³/mol. The molecule has 1 saturated carbocycles. The first-order valence-corrected chi connectivity index (χ1v) is 5.21. The predicted octanol–water partition coefficient (Wildman–Crippen LogP) is 1.98. The highest BCUT2D eigenvalue weighted by Gasteiger charge is 2.39. The van der Waals surface area contributed by atoms with Crippen LogP contribution < -0.4 is 5.32 Å². The van der Waals surface area contributed by atoms with Crippen LogP contribution in [0.15, 0.2) is 0 Å². The zero-order valence-corrected chi connectivity index (χ0v) is 7.34. The van der Waals surface area contributed by atoms with E-state index < -0.39 is 0 Å². The summed E-state index contributed by atoms with van der Waals surface area (Å²) in [7, 11) is 0. The van der Waals surface area contributed by atoms with Gasteiger partial charge in [-0.25, -0.2) is 0 Å². The molecule has 1 spiro atoms. The van der Waals surface area contributed by atoms with Gasteiger partial charge >= 0.3 is 0 Å². The summed E-state index contributed by atoms with van der Waals surface area (Å²) >= 11 is 2.15. The average molecular weight is 157 g/mol. The van der Waals surface area contributed by atoms with Crippen LogP contribution in [0.5, 0.6) is 0 Å². The van der Waals surface area contributed by atoms with Gasteiger partial charge in [-0.3, -0.25) is 5.32 Å². The van der Waals surface area contributed by atoms with Crippen molar-refractivity contribution < 1.29 is 0 Å². The van der Waals surface area contributed by atoms with Gasteiger partial charge in [-0.05, 0) is 19.8 Å². The normalized spacial score (nSPS) is 37.5. The SMILES string of the molecule is C[C@@H]1CSC2(CCCC2)N1. The molecule has 2 heteroatoms. The van der Waals surface area contributed by atoms with E-state index in [4.69, 9.17) is 0 Å². The van der Waals surface area contributed by atoms with Crippen LogP contribution in [-0.2, 0) is 0 Å². The lowest BCUT2D eigenvalue weighted by molar-refractivity contribution is 0.463. The molecule has 10 heavy (non-hydrogen) atoms. The molecule has 0 radical (unpaired) electrons. The molecule has 0 aromatic heterocycles. The summed E-state index contributed by atoms with van der Waals surface area (Å²) in [6.07, 6.45) is 5.68. The number of thioether (sulfide) groups is 1. The molecule has 2 rings (SSSR count). The number of hydrogen-bond acceptors (Lipinski definition) is 2. The maximum absolute atomic E-state index is 3.69. The Balaban J connectivity index is 2.03. The molecule has 2 fully saturated rings. The fraction of sp³-hybridized carbons (Fsp3) is 1.00. The van der Waals surface area contributed by atoms with Gasteiger partial charge in [-0.2, -0.15) is 0 Å². The van der Waals surface area contributed by atoms with Crippen molar-refractivity contribution in [2.24, 2.45) is 0 Å². The Hall–Kier alpha value is 0.310. The first-order chi connectivity index (χ1) is 4.81. The van der Waals surface area contributed by atoms with Gasteiger partial charge in [0.25, 0.3) is 0 Å². The fourth-order valence-corrected chi connectivity index (χ4v) is 3.57. The maximum Gasteiger partial charge on any atom is 0.0648 e. The Bertz CT molecular complexity index is 129. The van der Waals surface area contributed by atoms with E-state index in [0.717, 1.165) is 6.04 Å². The monoisotopic (exact) mass is 157 g/mol. The summed E-state index contributed by atoms with van der Waals surface area (Å²) < 4.78 is 0. The second kappa shape index (κ2) is 2.42. The van der Waals surface area contributed by atoms with Gasteiger partial charge in [0.2, 0.25) is 0 Å². The molecule has 1 N–H and O–H groups in total. The molecule has 0 bridgehead atoms. The molecule has 0 aromatic carbocycles. The molecular formula is C8H15NS. The van der Waals surface area contributed by atoms with E-state index in [-0.39, 0.29) is 0 Å². The van der Waals surface area contributed by atoms with Crippen molar-refractivity contribution in [1.82, 2.24) is 5.32 Å². The molecule has 1 heterocycles. The minimum atomic E-state index is 0.527. The van der Waals surface area contributed by atoms with Gasteiger partial charge in [-0.1, -0.05) is 12.8 Å². The molecule has 1 aliphatic carbocycles. The van der Waals surface area contributed by atoms with Crippen LogP contribution in [0.25, 0.3) is 0 Å². The summed E-state index contributed by atoms with van der Waals surface area (Å²) in [4.78, 5) is 0.527. The van der Waals surface area contributed by atoms with Crippen molar-refractivity contribution in [3.05, 3.63) is 0 Å². The second-order valence-electron chi connectivity index (χ2n) is 3.56. The first kappa shape index (κ1) is 6.99. The summed E-state index contributed by atoms with van der Waals surface area (Å²) in [6, 6.07) is 0.753. The Kier molecular flexibility index (Phi) is 1.69. The van der Waals surface area contributed by atoms with Crippen LogP contribution in [-0.4, -0.2) is 16.7 Å². The Labute approximate surface area is 67.0 Å². The van der Waals surface area contributed by atoms with Crippen LogP contribution in [0.3, 0.4) is 0 Å². The van der Waals surface area contributed by atoms with E-state index in [0.29, 0.717) is 4.87 Å². The van der Waals surface area contributed by atoms with Gasteiger partial charge in [0, 0.05) is 11.8 Å². The molecule has 1 saturated heterocycles. The second-order valence-corrected chi connectivity index (χ2v) is 4.96. The summed E-state index contributed by atoms with van der Waals surface area (Å²) in [6.45, 7) is 2.29. The Morgan fingerprint density at radius 1 is 1.40 bits per heavy atom. The van der Waals surface area contributed by atoms with Crippen LogP contribution in [0.1, 0.15) is 32.6 Å². The first-order valence-electron chi connectivity index (χ1n) is 4.22.